The van der Waals surface area contributed by atoms with Crippen LogP contribution in [-0.2, 0) is 4.79 Å². The molecular formula is C15H24N2O2. The van der Waals surface area contributed by atoms with Crippen LogP contribution in [0.1, 0.15) is 32.3 Å². The van der Waals surface area contributed by atoms with Gasteiger partial charge >= 0.3 is 0 Å². The molecule has 0 aliphatic rings. The molecule has 0 aliphatic carbocycles. The summed E-state index contributed by atoms with van der Waals surface area (Å²) in [6.07, 6.45) is 1.63. The van der Waals surface area contributed by atoms with Crippen molar-refractivity contribution in [2.45, 2.75) is 39.2 Å². The second-order valence-electron chi connectivity index (χ2n) is 4.84. The van der Waals surface area contributed by atoms with Crippen molar-refractivity contribution in [1.29, 1.82) is 0 Å². The molecule has 0 saturated carbocycles. The molecule has 0 fully saturated rings. The number of hydrogen-bond acceptors (Lipinski definition) is 3. The van der Waals surface area contributed by atoms with E-state index >= 15 is 0 Å². The lowest BCUT2D eigenvalue weighted by Gasteiger charge is -2.31. The van der Waals surface area contributed by atoms with Gasteiger partial charge in [-0.15, -0.1) is 0 Å². The first-order chi connectivity index (χ1) is 9.05. The average molecular weight is 264 g/mol. The number of carbonyl (C=O) groups is 1. The van der Waals surface area contributed by atoms with Gasteiger partial charge in [0.15, 0.2) is 6.61 Å². The van der Waals surface area contributed by atoms with Crippen LogP contribution < -0.4 is 15.8 Å². The molecule has 19 heavy (non-hydrogen) atoms. The SMILES string of the molecule is CCC(CC)(CN)NC(=O)COc1ccc(C)cc1. The van der Waals surface area contributed by atoms with E-state index in [9.17, 15) is 4.79 Å². The summed E-state index contributed by atoms with van der Waals surface area (Å²) >= 11 is 0. The molecule has 4 nitrogen and oxygen atoms in total. The number of nitrogens with two attached hydrogens (primary N) is 1. The largest absolute Gasteiger partial charge is 0.484 e. The van der Waals surface area contributed by atoms with Gasteiger partial charge in [0.2, 0.25) is 0 Å². The molecule has 0 aromatic heterocycles. The van der Waals surface area contributed by atoms with Crippen molar-refractivity contribution in [3.05, 3.63) is 29.8 Å². The predicted molar refractivity (Wildman–Crippen MR) is 77.2 cm³/mol. The van der Waals surface area contributed by atoms with Crippen molar-refractivity contribution < 1.29 is 9.53 Å². The minimum atomic E-state index is -0.312. The van der Waals surface area contributed by atoms with E-state index in [1.807, 2.05) is 45.0 Å². The van der Waals surface area contributed by atoms with Crippen LogP contribution in [0.4, 0.5) is 0 Å². The number of rotatable bonds is 7. The molecule has 4 heteroatoms. The Labute approximate surface area is 115 Å². The Morgan fingerprint density at radius 2 is 1.84 bits per heavy atom. The van der Waals surface area contributed by atoms with Crippen molar-refractivity contribution in [3.63, 3.8) is 0 Å². The highest BCUT2D eigenvalue weighted by molar-refractivity contribution is 5.78. The molecular weight excluding hydrogens is 240 g/mol. The van der Waals surface area contributed by atoms with E-state index in [0.29, 0.717) is 12.3 Å². The van der Waals surface area contributed by atoms with Gasteiger partial charge in [0.05, 0.1) is 5.54 Å². The Morgan fingerprint density at radius 3 is 2.32 bits per heavy atom. The smallest absolute Gasteiger partial charge is 0.258 e. The number of benzene rings is 1. The molecule has 0 atom stereocenters. The van der Waals surface area contributed by atoms with E-state index in [1.54, 1.807) is 0 Å². The van der Waals surface area contributed by atoms with Crippen molar-refractivity contribution in [3.8, 4) is 5.75 Å². The van der Waals surface area contributed by atoms with Crippen LogP contribution in [-0.4, -0.2) is 24.6 Å². The number of amides is 1. The van der Waals surface area contributed by atoms with Crippen LogP contribution in [0.2, 0.25) is 0 Å². The fourth-order valence-corrected chi connectivity index (χ4v) is 1.88. The van der Waals surface area contributed by atoms with E-state index in [2.05, 4.69) is 5.32 Å². The molecule has 0 aliphatic heterocycles. The highest BCUT2D eigenvalue weighted by Gasteiger charge is 2.26. The highest BCUT2D eigenvalue weighted by Crippen LogP contribution is 2.14. The zero-order chi connectivity index (χ0) is 14.3. The summed E-state index contributed by atoms with van der Waals surface area (Å²) in [6.45, 7) is 6.52. The average Bonchev–Trinajstić information content (AvgIpc) is 2.44. The Kier molecular flexibility index (Phi) is 5.83. The van der Waals surface area contributed by atoms with Crippen LogP contribution in [0.3, 0.4) is 0 Å². The summed E-state index contributed by atoms with van der Waals surface area (Å²) in [7, 11) is 0. The number of aryl methyl sites for hydroxylation is 1. The van der Waals surface area contributed by atoms with Crippen LogP contribution in [0, 0.1) is 6.92 Å². The summed E-state index contributed by atoms with van der Waals surface area (Å²) < 4.78 is 5.45. The molecule has 0 unspecified atom stereocenters. The van der Waals surface area contributed by atoms with Gasteiger partial charge in [0.25, 0.3) is 5.91 Å². The Morgan fingerprint density at radius 1 is 1.26 bits per heavy atom. The summed E-state index contributed by atoms with van der Waals surface area (Å²) in [5, 5.41) is 2.97. The first kappa shape index (κ1) is 15.5. The van der Waals surface area contributed by atoms with Gasteiger partial charge in [0.1, 0.15) is 5.75 Å². The fraction of sp³-hybridized carbons (Fsp3) is 0.533. The van der Waals surface area contributed by atoms with Gasteiger partial charge in [-0.25, -0.2) is 0 Å². The van der Waals surface area contributed by atoms with E-state index in [0.717, 1.165) is 18.4 Å². The summed E-state index contributed by atoms with van der Waals surface area (Å²) in [6, 6.07) is 7.63. The molecule has 0 radical (unpaired) electrons. The summed E-state index contributed by atoms with van der Waals surface area (Å²) in [5.74, 6) is 0.571. The maximum Gasteiger partial charge on any atom is 0.258 e. The Bertz CT molecular complexity index is 389. The van der Waals surface area contributed by atoms with E-state index in [4.69, 9.17) is 10.5 Å². The molecule has 106 valence electrons. The number of carbonyl (C=O) groups excluding carboxylic acids is 1. The van der Waals surface area contributed by atoms with E-state index in [1.165, 1.54) is 0 Å². The van der Waals surface area contributed by atoms with Gasteiger partial charge in [-0.3, -0.25) is 4.79 Å². The zero-order valence-electron chi connectivity index (χ0n) is 12.0. The lowest BCUT2D eigenvalue weighted by Crippen LogP contribution is -2.54. The Balaban J connectivity index is 2.49. The summed E-state index contributed by atoms with van der Waals surface area (Å²) in [4.78, 5) is 11.9. The van der Waals surface area contributed by atoms with Gasteiger partial charge < -0.3 is 15.8 Å². The molecule has 1 amide bonds. The molecule has 0 spiro atoms. The second kappa shape index (κ2) is 7.14. The summed E-state index contributed by atoms with van der Waals surface area (Å²) in [5.41, 5.74) is 6.60. The predicted octanol–water partition coefficient (Wildman–Crippen LogP) is 2.01. The number of ether oxygens (including phenoxy) is 1. The van der Waals surface area contributed by atoms with Crippen LogP contribution >= 0.6 is 0 Å². The van der Waals surface area contributed by atoms with Crippen LogP contribution in [0.25, 0.3) is 0 Å². The van der Waals surface area contributed by atoms with Gasteiger partial charge in [-0.2, -0.15) is 0 Å². The molecule has 0 saturated heterocycles. The molecule has 3 N–H and O–H groups in total. The monoisotopic (exact) mass is 264 g/mol. The second-order valence-corrected chi connectivity index (χ2v) is 4.84. The lowest BCUT2D eigenvalue weighted by atomic mass is 9.93. The Hall–Kier alpha value is -1.55. The van der Waals surface area contributed by atoms with Gasteiger partial charge in [0, 0.05) is 6.54 Å². The quantitative estimate of drug-likeness (QED) is 0.791. The third kappa shape index (κ3) is 4.56. The highest BCUT2D eigenvalue weighted by atomic mass is 16.5. The first-order valence-corrected chi connectivity index (χ1v) is 6.75. The standard InChI is InChI=1S/C15H24N2O2/c1-4-15(5-2,11-16)17-14(18)10-19-13-8-6-12(3)7-9-13/h6-9H,4-5,10-11,16H2,1-3H3,(H,17,18). The topological polar surface area (TPSA) is 64.3 Å². The fourth-order valence-electron chi connectivity index (χ4n) is 1.88. The minimum absolute atomic E-state index is 0.0187. The van der Waals surface area contributed by atoms with Gasteiger partial charge in [-0.1, -0.05) is 31.5 Å². The minimum Gasteiger partial charge on any atom is -0.484 e. The normalized spacial score (nSPS) is 11.2. The molecule has 1 aromatic carbocycles. The zero-order valence-corrected chi connectivity index (χ0v) is 12.0. The van der Waals surface area contributed by atoms with Crippen molar-refractivity contribution in [2.24, 2.45) is 5.73 Å². The third-order valence-electron chi connectivity index (χ3n) is 3.54. The molecule has 1 aromatic rings. The maximum absolute atomic E-state index is 11.9. The maximum atomic E-state index is 11.9. The molecule has 1 rings (SSSR count). The molecule has 0 bridgehead atoms. The van der Waals surface area contributed by atoms with Crippen molar-refractivity contribution in [2.75, 3.05) is 13.2 Å². The number of nitrogens with one attached hydrogen (secondary N) is 1. The van der Waals surface area contributed by atoms with E-state index in [-0.39, 0.29) is 18.1 Å². The van der Waals surface area contributed by atoms with Crippen LogP contribution in [0.15, 0.2) is 24.3 Å². The third-order valence-corrected chi connectivity index (χ3v) is 3.54. The number of hydrogen-bond donors (Lipinski definition) is 2. The van der Waals surface area contributed by atoms with Crippen molar-refractivity contribution >= 4 is 5.91 Å². The lowest BCUT2D eigenvalue weighted by molar-refractivity contribution is -0.125. The van der Waals surface area contributed by atoms with Crippen molar-refractivity contribution in [1.82, 2.24) is 5.32 Å². The van der Waals surface area contributed by atoms with Gasteiger partial charge in [-0.05, 0) is 31.9 Å². The molecule has 0 heterocycles. The van der Waals surface area contributed by atoms with E-state index < -0.39 is 0 Å². The first-order valence-electron chi connectivity index (χ1n) is 6.75. The van der Waals surface area contributed by atoms with Crippen LogP contribution in [0.5, 0.6) is 5.75 Å².